The van der Waals surface area contributed by atoms with Gasteiger partial charge in [-0.05, 0) is 18.6 Å². The highest BCUT2D eigenvalue weighted by atomic mass is 32.2. The molecule has 0 spiro atoms. The van der Waals surface area contributed by atoms with Gasteiger partial charge in [-0.25, -0.2) is 8.42 Å². The first kappa shape index (κ1) is 19.1. The van der Waals surface area contributed by atoms with Crippen LogP contribution in [0, 0.1) is 0 Å². The number of rotatable bonds is 8. The van der Waals surface area contributed by atoms with Gasteiger partial charge < -0.3 is 9.66 Å². The monoisotopic (exact) mass is 302 g/mol. The summed E-state index contributed by atoms with van der Waals surface area (Å²) in [6.07, 6.45) is 9.22. The summed E-state index contributed by atoms with van der Waals surface area (Å²) in [4.78, 5) is -0.185. The van der Waals surface area contributed by atoms with E-state index < -0.39 is 10.1 Å². The lowest BCUT2D eigenvalue weighted by atomic mass is 10.1. The summed E-state index contributed by atoms with van der Waals surface area (Å²) < 4.78 is 30.8. The summed E-state index contributed by atoms with van der Waals surface area (Å²) in [5.74, 6) is 0. The van der Waals surface area contributed by atoms with E-state index >= 15 is 0 Å². The van der Waals surface area contributed by atoms with Crippen LogP contribution in [0.15, 0.2) is 35.2 Å². The number of unbranched alkanes of at least 4 members (excludes halogenated alkanes) is 6. The Hall–Kier alpha value is -0.910. The molecule has 0 heterocycles. The molecule has 0 aliphatic carbocycles. The van der Waals surface area contributed by atoms with E-state index in [1.54, 1.807) is 6.07 Å². The fourth-order valence-electron chi connectivity index (χ4n) is 1.67. The maximum absolute atomic E-state index is 10.3. The molecule has 116 valence electrons. The molecule has 0 fully saturated rings. The zero-order chi connectivity index (χ0) is 15.3. The van der Waals surface area contributed by atoms with Gasteiger partial charge in [0.1, 0.15) is 16.7 Å². The fourth-order valence-corrected chi connectivity index (χ4v) is 2.16. The summed E-state index contributed by atoms with van der Waals surface area (Å²) in [6.45, 7) is 2.86. The Morgan fingerprint density at radius 3 is 1.85 bits per heavy atom. The van der Waals surface area contributed by atoms with Crippen LogP contribution in [0.3, 0.4) is 0 Å². The van der Waals surface area contributed by atoms with E-state index in [0.717, 1.165) is 6.42 Å². The van der Waals surface area contributed by atoms with E-state index in [2.05, 4.69) is 6.92 Å². The van der Waals surface area contributed by atoms with Crippen molar-refractivity contribution in [3.63, 3.8) is 0 Å². The van der Waals surface area contributed by atoms with Gasteiger partial charge in [0.05, 0.1) is 4.90 Å². The molecule has 0 atom stereocenters. The zero-order valence-electron chi connectivity index (χ0n) is 12.2. The Morgan fingerprint density at radius 2 is 1.45 bits per heavy atom. The van der Waals surface area contributed by atoms with Crippen molar-refractivity contribution in [2.45, 2.75) is 56.8 Å². The van der Waals surface area contributed by atoms with Crippen molar-refractivity contribution in [1.29, 1.82) is 0 Å². The van der Waals surface area contributed by atoms with E-state index in [1.165, 1.54) is 62.8 Å². The maximum Gasteiger partial charge on any atom is 0.143 e. The van der Waals surface area contributed by atoms with Crippen molar-refractivity contribution in [3.8, 4) is 0 Å². The molecule has 5 heteroatoms. The standard InChI is InChI=1S/C9H20O.C6H6O3S/c1-2-3-4-5-6-7-8-9-10;7-10(8,9)6-4-2-1-3-5-6/h10H,2-9H2,1H3;1-5H,(H,7,8,9). The third kappa shape index (κ3) is 11.0. The quantitative estimate of drug-likeness (QED) is 0.420. The van der Waals surface area contributed by atoms with Crippen LogP contribution in [0.25, 0.3) is 0 Å². The first-order valence-corrected chi connectivity index (χ1v) is 8.58. The topological polar surface area (TPSA) is 80.1 Å². The van der Waals surface area contributed by atoms with Crippen molar-refractivity contribution in [1.82, 2.24) is 0 Å². The van der Waals surface area contributed by atoms with Crippen LogP contribution in [0.2, 0.25) is 0 Å². The second-order valence-electron chi connectivity index (χ2n) is 4.64. The Bertz CT molecular complexity index is 407. The van der Waals surface area contributed by atoms with E-state index in [9.17, 15) is 13.0 Å². The molecule has 1 aromatic carbocycles. The van der Waals surface area contributed by atoms with Crippen LogP contribution in [0.5, 0.6) is 0 Å². The lowest BCUT2D eigenvalue weighted by Gasteiger charge is -2.04. The molecule has 4 nitrogen and oxygen atoms in total. The molecule has 1 rings (SSSR count). The molecule has 0 amide bonds. The van der Waals surface area contributed by atoms with Crippen LogP contribution < -0.4 is 0 Å². The molecule has 1 aromatic rings. The molecule has 0 bridgehead atoms. The maximum atomic E-state index is 10.3. The van der Waals surface area contributed by atoms with Crippen molar-refractivity contribution in [2.75, 3.05) is 6.61 Å². The van der Waals surface area contributed by atoms with Crippen LogP contribution in [-0.4, -0.2) is 24.7 Å². The molecule has 20 heavy (non-hydrogen) atoms. The van der Waals surface area contributed by atoms with Crippen molar-refractivity contribution < 1.29 is 18.1 Å². The lowest BCUT2D eigenvalue weighted by Crippen LogP contribution is -1.96. The largest absolute Gasteiger partial charge is 0.744 e. The highest BCUT2D eigenvalue weighted by molar-refractivity contribution is 7.85. The van der Waals surface area contributed by atoms with E-state index in [4.69, 9.17) is 5.11 Å². The van der Waals surface area contributed by atoms with Gasteiger partial charge in [0.2, 0.25) is 0 Å². The van der Waals surface area contributed by atoms with Gasteiger partial charge in [-0.3, -0.25) is 0 Å². The molecule has 0 aliphatic rings. The molecule has 0 unspecified atom stereocenters. The third-order valence-electron chi connectivity index (χ3n) is 2.81. The van der Waals surface area contributed by atoms with Gasteiger partial charge in [-0.15, -0.1) is 0 Å². The predicted octanol–water partition coefficient (Wildman–Crippen LogP) is 3.05. The highest BCUT2D eigenvalue weighted by Gasteiger charge is 1.95. The average Bonchev–Trinajstić information content (AvgIpc) is 2.44. The summed E-state index contributed by atoms with van der Waals surface area (Å²) in [5.41, 5.74) is 0. The Balaban J connectivity index is 0.000000361. The number of benzene rings is 1. The minimum absolute atomic E-state index is 0.185. The van der Waals surface area contributed by atoms with Crippen molar-refractivity contribution in [2.24, 2.45) is 0 Å². The van der Waals surface area contributed by atoms with Gasteiger partial charge in [0, 0.05) is 6.42 Å². The third-order valence-corrected chi connectivity index (χ3v) is 3.66. The van der Waals surface area contributed by atoms with Gasteiger partial charge in [-0.1, -0.05) is 57.2 Å². The summed E-state index contributed by atoms with van der Waals surface area (Å²) >= 11 is 0. The second-order valence-corrected chi connectivity index (χ2v) is 6.02. The molecular weight excluding hydrogens is 276 g/mol. The average molecular weight is 302 g/mol. The summed E-state index contributed by atoms with van der Waals surface area (Å²) in [6, 6.07) is 7.19. The molecule has 0 radical (unpaired) electrons. The first-order chi connectivity index (χ1) is 9.52. The zero-order valence-corrected chi connectivity index (χ0v) is 13.0. The molecule has 0 aromatic heterocycles. The molecule has 0 saturated heterocycles. The van der Waals surface area contributed by atoms with Crippen LogP contribution in [0.1, 0.15) is 51.9 Å². The SMILES string of the molecule is CCCCCCCCC[OH2+].O=S(=O)([O-])c1ccccc1. The Morgan fingerprint density at radius 1 is 0.950 bits per heavy atom. The Labute approximate surface area is 122 Å². The van der Waals surface area contributed by atoms with Crippen LogP contribution in [-0.2, 0) is 10.1 Å². The van der Waals surface area contributed by atoms with E-state index in [1.807, 2.05) is 0 Å². The lowest BCUT2D eigenvalue weighted by molar-refractivity contribution is 0.282. The van der Waals surface area contributed by atoms with Gasteiger partial charge >= 0.3 is 0 Å². The smallest absolute Gasteiger partial charge is 0.143 e. The first-order valence-electron chi connectivity index (χ1n) is 7.18. The highest BCUT2D eigenvalue weighted by Crippen LogP contribution is 2.06. The van der Waals surface area contributed by atoms with Gasteiger partial charge in [-0.2, -0.15) is 0 Å². The van der Waals surface area contributed by atoms with Crippen LogP contribution in [0.4, 0.5) is 0 Å². The minimum atomic E-state index is -4.25. The minimum Gasteiger partial charge on any atom is -0.744 e. The summed E-state index contributed by atoms with van der Waals surface area (Å²) in [7, 11) is -4.25. The number of hydrogen-bond donors (Lipinski definition) is 0. The van der Waals surface area contributed by atoms with Gasteiger partial charge in [0.15, 0.2) is 0 Å². The summed E-state index contributed by atoms with van der Waals surface area (Å²) in [5, 5.41) is 6.92. The fraction of sp³-hybridized carbons (Fsp3) is 0.600. The van der Waals surface area contributed by atoms with E-state index in [0.29, 0.717) is 6.61 Å². The molecule has 0 saturated carbocycles. The van der Waals surface area contributed by atoms with Crippen molar-refractivity contribution in [3.05, 3.63) is 30.3 Å². The van der Waals surface area contributed by atoms with Crippen LogP contribution >= 0.6 is 0 Å². The number of hydrogen-bond acceptors (Lipinski definition) is 3. The second kappa shape index (κ2) is 11.9. The molecule has 2 N–H and O–H groups in total. The normalized spacial score (nSPS) is 10.8. The van der Waals surface area contributed by atoms with Gasteiger partial charge in [0.25, 0.3) is 0 Å². The molecule has 0 aliphatic heterocycles. The molecular formula is C15H26O4S. The predicted molar refractivity (Wildman–Crippen MR) is 80.9 cm³/mol. The van der Waals surface area contributed by atoms with E-state index in [-0.39, 0.29) is 4.90 Å². The Kier molecular flexibility index (Phi) is 11.3. The van der Waals surface area contributed by atoms with Crippen molar-refractivity contribution >= 4 is 10.1 Å².